The van der Waals surface area contributed by atoms with E-state index in [-0.39, 0.29) is 0 Å². The van der Waals surface area contributed by atoms with Gasteiger partial charge < -0.3 is 0 Å². The van der Waals surface area contributed by atoms with Gasteiger partial charge in [-0.2, -0.15) is 4.89 Å². The van der Waals surface area contributed by atoms with Crippen molar-refractivity contribution in [3.8, 4) is 0 Å². The molecule has 0 saturated carbocycles. The van der Waals surface area contributed by atoms with Crippen LogP contribution in [0.25, 0.3) is 0 Å². The zero-order valence-electron chi connectivity index (χ0n) is 6.53. The molecule has 1 aromatic carbocycles. The smallest absolute Gasteiger partial charge is 0.156 e. The molecule has 0 saturated heterocycles. The van der Waals surface area contributed by atoms with E-state index in [0.29, 0.717) is 5.30 Å². The molecular formula is C8H10O2P+. The topological polar surface area (TPSA) is 37.3 Å². The zero-order chi connectivity index (χ0) is 8.43. The maximum atomic E-state index is 10.6. The Hall–Kier alpha value is -0.720. The molecule has 1 N–H and O–H groups in total. The first kappa shape index (κ1) is 8.38. The van der Waals surface area contributed by atoms with Gasteiger partial charge in [0.05, 0.1) is 0 Å². The zero-order valence-corrected chi connectivity index (χ0v) is 7.43. The molecule has 2 nitrogen and oxygen atoms in total. The van der Waals surface area contributed by atoms with Crippen LogP contribution < -0.4 is 5.30 Å². The fraction of sp³-hybridized carbons (Fsp3) is 0.250. The van der Waals surface area contributed by atoms with Gasteiger partial charge in [-0.15, -0.1) is 0 Å². The first-order chi connectivity index (χ1) is 5.11. The SMILES string of the molecule is Cc1ccc([P+](=O)O)cc1C. The van der Waals surface area contributed by atoms with Crippen molar-refractivity contribution >= 4 is 13.3 Å². The van der Waals surface area contributed by atoms with Crippen LogP contribution in [0.5, 0.6) is 0 Å². The molecule has 0 aromatic heterocycles. The average molecular weight is 169 g/mol. The maximum absolute atomic E-state index is 10.6. The highest BCUT2D eigenvalue weighted by atomic mass is 31.1. The Labute approximate surface area is 66.7 Å². The Morgan fingerprint density at radius 2 is 1.91 bits per heavy atom. The number of hydrogen-bond donors (Lipinski definition) is 1. The molecular weight excluding hydrogens is 159 g/mol. The van der Waals surface area contributed by atoms with E-state index >= 15 is 0 Å². The van der Waals surface area contributed by atoms with Crippen LogP contribution in [0.1, 0.15) is 11.1 Å². The summed E-state index contributed by atoms with van der Waals surface area (Å²) < 4.78 is 10.6. The van der Waals surface area contributed by atoms with Gasteiger partial charge in [0.2, 0.25) is 5.30 Å². The monoisotopic (exact) mass is 169 g/mol. The van der Waals surface area contributed by atoms with Crippen LogP contribution in [0.15, 0.2) is 18.2 Å². The van der Waals surface area contributed by atoms with Gasteiger partial charge in [-0.05, 0) is 41.7 Å². The van der Waals surface area contributed by atoms with Crippen LogP contribution in [0, 0.1) is 13.8 Å². The molecule has 0 aliphatic carbocycles. The van der Waals surface area contributed by atoms with Gasteiger partial charge in [-0.25, -0.2) is 0 Å². The van der Waals surface area contributed by atoms with Gasteiger partial charge in [0.15, 0.2) is 0 Å². The van der Waals surface area contributed by atoms with Gasteiger partial charge >= 0.3 is 8.03 Å². The predicted octanol–water partition coefficient (Wildman–Crippen LogP) is 1.66. The molecule has 1 rings (SSSR count). The summed E-state index contributed by atoms with van der Waals surface area (Å²) in [6.07, 6.45) is 0. The first-order valence-electron chi connectivity index (χ1n) is 3.34. The quantitative estimate of drug-likeness (QED) is 0.649. The molecule has 1 atom stereocenters. The Morgan fingerprint density at radius 3 is 2.36 bits per heavy atom. The summed E-state index contributed by atoms with van der Waals surface area (Å²) in [5, 5.41) is 0.503. The maximum Gasteiger partial charge on any atom is 0.546 e. The van der Waals surface area contributed by atoms with Crippen molar-refractivity contribution in [3.05, 3.63) is 29.3 Å². The summed E-state index contributed by atoms with van der Waals surface area (Å²) in [5.74, 6) is 0. The van der Waals surface area contributed by atoms with Crippen LogP contribution in [-0.4, -0.2) is 4.89 Å². The van der Waals surface area contributed by atoms with Gasteiger partial charge in [0.25, 0.3) is 0 Å². The van der Waals surface area contributed by atoms with Crippen molar-refractivity contribution in [2.24, 2.45) is 0 Å². The van der Waals surface area contributed by atoms with Crippen molar-refractivity contribution in [3.63, 3.8) is 0 Å². The van der Waals surface area contributed by atoms with E-state index in [1.807, 2.05) is 19.9 Å². The first-order valence-corrected chi connectivity index (χ1v) is 4.56. The molecule has 0 heterocycles. The van der Waals surface area contributed by atoms with Gasteiger partial charge in [0, 0.05) is 0 Å². The van der Waals surface area contributed by atoms with E-state index in [9.17, 15) is 4.57 Å². The third-order valence-corrected chi connectivity index (χ3v) is 2.43. The van der Waals surface area contributed by atoms with Crippen molar-refractivity contribution in [1.29, 1.82) is 0 Å². The molecule has 0 amide bonds. The predicted molar refractivity (Wildman–Crippen MR) is 45.4 cm³/mol. The molecule has 11 heavy (non-hydrogen) atoms. The van der Waals surface area contributed by atoms with E-state index in [4.69, 9.17) is 4.89 Å². The van der Waals surface area contributed by atoms with Crippen LogP contribution in [-0.2, 0) is 4.57 Å². The highest BCUT2D eigenvalue weighted by Crippen LogP contribution is 2.15. The van der Waals surface area contributed by atoms with Gasteiger partial charge in [-0.1, -0.05) is 6.07 Å². The van der Waals surface area contributed by atoms with Crippen LogP contribution in [0.2, 0.25) is 0 Å². The van der Waals surface area contributed by atoms with Crippen LogP contribution >= 0.6 is 8.03 Å². The van der Waals surface area contributed by atoms with E-state index < -0.39 is 8.03 Å². The molecule has 0 aliphatic rings. The number of benzene rings is 1. The van der Waals surface area contributed by atoms with Crippen molar-refractivity contribution < 1.29 is 9.46 Å². The largest absolute Gasteiger partial charge is 0.546 e. The van der Waals surface area contributed by atoms with Gasteiger partial charge in [0.1, 0.15) is 0 Å². The Bertz CT molecular complexity index is 294. The van der Waals surface area contributed by atoms with Crippen molar-refractivity contribution in [2.75, 3.05) is 0 Å². The third kappa shape index (κ3) is 1.86. The lowest BCUT2D eigenvalue weighted by Gasteiger charge is -1.94. The molecule has 1 unspecified atom stereocenters. The summed E-state index contributed by atoms with van der Waals surface area (Å²) in [7, 11) is -2.17. The summed E-state index contributed by atoms with van der Waals surface area (Å²) in [5.41, 5.74) is 2.20. The standard InChI is InChI=1S/C8H9O2P/c1-6-3-4-8(11(9)10)5-7(6)2/h3-5H,1-2H3/p+1. The minimum Gasteiger partial charge on any atom is -0.156 e. The van der Waals surface area contributed by atoms with E-state index in [0.717, 1.165) is 11.1 Å². The fourth-order valence-corrected chi connectivity index (χ4v) is 1.35. The molecule has 3 heteroatoms. The second kappa shape index (κ2) is 3.12. The molecule has 0 aliphatic heterocycles. The summed E-state index contributed by atoms with van der Waals surface area (Å²) in [6, 6.07) is 5.28. The molecule has 58 valence electrons. The summed E-state index contributed by atoms with van der Waals surface area (Å²) >= 11 is 0. The van der Waals surface area contributed by atoms with Crippen LogP contribution in [0.3, 0.4) is 0 Å². The van der Waals surface area contributed by atoms with E-state index in [1.165, 1.54) is 0 Å². The Balaban J connectivity index is 3.15. The normalized spacial score (nSPS) is 11.4. The second-order valence-corrected chi connectivity index (χ2v) is 3.60. The van der Waals surface area contributed by atoms with Crippen LogP contribution in [0.4, 0.5) is 0 Å². The Morgan fingerprint density at radius 1 is 1.27 bits per heavy atom. The summed E-state index contributed by atoms with van der Waals surface area (Å²) in [6.45, 7) is 3.90. The number of hydrogen-bond acceptors (Lipinski definition) is 1. The second-order valence-electron chi connectivity index (χ2n) is 2.54. The highest BCUT2D eigenvalue weighted by molar-refractivity contribution is 7.47. The summed E-state index contributed by atoms with van der Waals surface area (Å²) in [4.78, 5) is 8.75. The van der Waals surface area contributed by atoms with Gasteiger partial charge in [-0.3, -0.25) is 0 Å². The molecule has 0 fully saturated rings. The molecule has 0 bridgehead atoms. The molecule has 0 radical (unpaired) electrons. The number of aryl methyl sites for hydroxylation is 2. The molecule has 0 spiro atoms. The molecule has 1 aromatic rings. The van der Waals surface area contributed by atoms with E-state index in [1.54, 1.807) is 12.1 Å². The Kier molecular flexibility index (Phi) is 2.38. The average Bonchev–Trinajstić information content (AvgIpc) is 1.94. The lowest BCUT2D eigenvalue weighted by molar-refractivity contribution is 0.513. The minimum atomic E-state index is -2.17. The number of rotatable bonds is 1. The minimum absolute atomic E-state index is 0.503. The lowest BCUT2D eigenvalue weighted by Crippen LogP contribution is -1.97. The van der Waals surface area contributed by atoms with Crippen molar-refractivity contribution in [2.45, 2.75) is 13.8 Å². The fourth-order valence-electron chi connectivity index (χ4n) is 0.845. The van der Waals surface area contributed by atoms with E-state index in [2.05, 4.69) is 0 Å². The third-order valence-electron chi connectivity index (χ3n) is 1.71. The van der Waals surface area contributed by atoms with Crippen molar-refractivity contribution in [1.82, 2.24) is 0 Å². The lowest BCUT2D eigenvalue weighted by atomic mass is 10.1. The highest BCUT2D eigenvalue weighted by Gasteiger charge is 2.15.